The van der Waals surface area contributed by atoms with E-state index in [2.05, 4.69) is 4.98 Å². The Morgan fingerprint density at radius 3 is 2.40 bits per heavy atom. The summed E-state index contributed by atoms with van der Waals surface area (Å²) in [6.45, 7) is 3.09. The Kier molecular flexibility index (Phi) is 6.41. The summed E-state index contributed by atoms with van der Waals surface area (Å²) < 4.78 is 13.0. The number of aryl methyl sites for hydroxylation is 1. The van der Waals surface area contributed by atoms with E-state index in [4.69, 9.17) is 0 Å². The summed E-state index contributed by atoms with van der Waals surface area (Å²) in [4.78, 5) is 33.6. The minimum absolute atomic E-state index is 0.0628. The molecule has 0 N–H and O–H groups in total. The van der Waals surface area contributed by atoms with Gasteiger partial charge in [-0.1, -0.05) is 12.1 Å². The summed E-state index contributed by atoms with van der Waals surface area (Å²) in [5.41, 5.74) is 2.56. The Morgan fingerprint density at radius 1 is 0.967 bits per heavy atom. The number of pyridine rings is 1. The van der Waals surface area contributed by atoms with Crippen LogP contribution in [0.4, 0.5) is 4.39 Å². The van der Waals surface area contributed by atoms with Gasteiger partial charge in [-0.25, -0.2) is 4.39 Å². The maximum atomic E-state index is 13.0. The predicted octanol–water partition coefficient (Wildman–Crippen LogP) is 3.80. The minimum Gasteiger partial charge on any atom is -0.342 e. The number of hydrogen-bond acceptors (Lipinski definition) is 3. The van der Waals surface area contributed by atoms with Gasteiger partial charge >= 0.3 is 0 Å². The Morgan fingerprint density at radius 2 is 1.70 bits per heavy atom. The van der Waals surface area contributed by atoms with Crippen LogP contribution in [-0.2, 0) is 11.2 Å². The predicted molar refractivity (Wildman–Crippen MR) is 113 cm³/mol. The van der Waals surface area contributed by atoms with Crippen molar-refractivity contribution in [3.05, 3.63) is 65.2 Å². The number of halogens is 1. The first-order valence-corrected chi connectivity index (χ1v) is 10.9. The van der Waals surface area contributed by atoms with Crippen LogP contribution in [0.5, 0.6) is 0 Å². The van der Waals surface area contributed by atoms with Crippen molar-refractivity contribution in [1.29, 1.82) is 0 Å². The van der Waals surface area contributed by atoms with Crippen LogP contribution in [0.3, 0.4) is 0 Å². The Hall–Kier alpha value is -2.76. The van der Waals surface area contributed by atoms with Gasteiger partial charge in [0.05, 0.1) is 5.56 Å². The van der Waals surface area contributed by atoms with Gasteiger partial charge in [-0.3, -0.25) is 14.6 Å². The van der Waals surface area contributed by atoms with E-state index in [1.54, 1.807) is 18.3 Å². The molecule has 1 atom stereocenters. The molecule has 158 valence electrons. The van der Waals surface area contributed by atoms with Gasteiger partial charge < -0.3 is 9.80 Å². The average Bonchev–Trinajstić information content (AvgIpc) is 3.33. The average molecular weight is 410 g/mol. The van der Waals surface area contributed by atoms with Gasteiger partial charge in [0.1, 0.15) is 5.82 Å². The molecule has 0 spiro atoms. The van der Waals surface area contributed by atoms with Gasteiger partial charge in [0, 0.05) is 50.4 Å². The van der Waals surface area contributed by atoms with Gasteiger partial charge in [0.2, 0.25) is 5.91 Å². The number of hydrogen-bond donors (Lipinski definition) is 0. The smallest absolute Gasteiger partial charge is 0.255 e. The molecule has 2 amide bonds. The van der Waals surface area contributed by atoms with Crippen LogP contribution in [0, 0.1) is 5.82 Å². The molecule has 6 heteroatoms. The number of benzene rings is 1. The van der Waals surface area contributed by atoms with Crippen LogP contribution < -0.4 is 0 Å². The van der Waals surface area contributed by atoms with E-state index in [9.17, 15) is 14.0 Å². The van der Waals surface area contributed by atoms with Crippen LogP contribution >= 0.6 is 0 Å². The lowest BCUT2D eigenvalue weighted by Crippen LogP contribution is -2.39. The van der Waals surface area contributed by atoms with Gasteiger partial charge in [-0.2, -0.15) is 0 Å². The van der Waals surface area contributed by atoms with Crippen molar-refractivity contribution in [3.8, 4) is 0 Å². The first kappa shape index (κ1) is 20.5. The zero-order valence-electron chi connectivity index (χ0n) is 17.2. The van der Waals surface area contributed by atoms with E-state index in [0.717, 1.165) is 56.6 Å². The molecule has 1 aromatic heterocycles. The topological polar surface area (TPSA) is 53.5 Å². The number of aromatic nitrogens is 1. The van der Waals surface area contributed by atoms with Gasteiger partial charge in [-0.05, 0) is 61.9 Å². The molecule has 3 heterocycles. The highest BCUT2D eigenvalue weighted by Crippen LogP contribution is 2.26. The van der Waals surface area contributed by atoms with Crippen molar-refractivity contribution < 1.29 is 14.0 Å². The molecule has 0 aliphatic carbocycles. The fourth-order valence-corrected chi connectivity index (χ4v) is 4.38. The molecular weight excluding hydrogens is 381 g/mol. The second kappa shape index (κ2) is 9.37. The monoisotopic (exact) mass is 409 g/mol. The van der Waals surface area contributed by atoms with Crippen molar-refractivity contribution in [2.24, 2.45) is 0 Å². The van der Waals surface area contributed by atoms with E-state index >= 15 is 0 Å². The Labute approximate surface area is 176 Å². The van der Waals surface area contributed by atoms with Gasteiger partial charge in [-0.15, -0.1) is 0 Å². The van der Waals surface area contributed by atoms with E-state index in [-0.39, 0.29) is 23.5 Å². The third-order valence-electron chi connectivity index (χ3n) is 6.16. The van der Waals surface area contributed by atoms with Crippen molar-refractivity contribution >= 4 is 11.8 Å². The summed E-state index contributed by atoms with van der Waals surface area (Å²) in [5.74, 6) is 0.131. The highest BCUT2D eigenvalue weighted by atomic mass is 19.1. The lowest BCUT2D eigenvalue weighted by Gasteiger charge is -2.32. The molecule has 0 radical (unpaired) electrons. The molecule has 1 aromatic carbocycles. The molecule has 2 saturated heterocycles. The van der Waals surface area contributed by atoms with Gasteiger partial charge in [0.15, 0.2) is 0 Å². The lowest BCUT2D eigenvalue weighted by atomic mass is 9.93. The first-order valence-electron chi connectivity index (χ1n) is 10.9. The highest BCUT2D eigenvalue weighted by molar-refractivity contribution is 5.94. The summed E-state index contributed by atoms with van der Waals surface area (Å²) in [7, 11) is 0. The number of rotatable bonds is 5. The molecule has 2 aliphatic heterocycles. The van der Waals surface area contributed by atoms with E-state index in [0.29, 0.717) is 24.9 Å². The SMILES string of the molecule is O=C(CCc1ccc(F)cc1)N1CCC[C@H](c2ccc(C(=O)N3CCCC3)cn2)C1. The molecule has 0 unspecified atom stereocenters. The molecular formula is C24H28FN3O2. The zero-order chi connectivity index (χ0) is 20.9. The minimum atomic E-state index is -0.260. The summed E-state index contributed by atoms with van der Waals surface area (Å²) in [6, 6.07) is 10.1. The van der Waals surface area contributed by atoms with Crippen molar-refractivity contribution in [2.75, 3.05) is 26.2 Å². The van der Waals surface area contributed by atoms with Crippen molar-refractivity contribution in [2.45, 2.75) is 44.4 Å². The normalized spacial score (nSPS) is 19.2. The van der Waals surface area contributed by atoms with E-state index in [1.165, 1.54) is 12.1 Å². The van der Waals surface area contributed by atoms with Crippen molar-refractivity contribution in [3.63, 3.8) is 0 Å². The standard InChI is InChI=1S/C24H28FN3O2/c25-21-9-5-18(6-10-21)7-12-23(29)28-15-3-4-20(17-28)22-11-8-19(16-26-22)24(30)27-13-1-2-14-27/h5-6,8-11,16,20H,1-4,7,12-15,17H2/t20-/m0/s1. The fourth-order valence-electron chi connectivity index (χ4n) is 4.38. The Balaban J connectivity index is 1.33. The molecule has 2 fully saturated rings. The second-order valence-corrected chi connectivity index (χ2v) is 8.28. The maximum absolute atomic E-state index is 13.0. The largest absolute Gasteiger partial charge is 0.342 e. The summed E-state index contributed by atoms with van der Waals surface area (Å²) in [5, 5.41) is 0. The number of nitrogens with zero attached hydrogens (tertiary/aromatic N) is 3. The number of piperidine rings is 1. The van der Waals surface area contributed by atoms with Crippen LogP contribution in [0.15, 0.2) is 42.6 Å². The van der Waals surface area contributed by atoms with E-state index < -0.39 is 0 Å². The van der Waals surface area contributed by atoms with Crippen LogP contribution in [0.1, 0.15) is 59.6 Å². The highest BCUT2D eigenvalue weighted by Gasteiger charge is 2.26. The second-order valence-electron chi connectivity index (χ2n) is 8.28. The molecule has 0 bridgehead atoms. The van der Waals surface area contributed by atoms with E-state index in [1.807, 2.05) is 21.9 Å². The number of likely N-dealkylation sites (tertiary alicyclic amines) is 2. The van der Waals surface area contributed by atoms with Crippen LogP contribution in [0.25, 0.3) is 0 Å². The zero-order valence-corrected chi connectivity index (χ0v) is 17.2. The molecule has 5 nitrogen and oxygen atoms in total. The number of carbonyl (C=O) groups is 2. The fraction of sp³-hybridized carbons (Fsp3) is 0.458. The summed E-state index contributed by atoms with van der Waals surface area (Å²) >= 11 is 0. The molecule has 0 saturated carbocycles. The maximum Gasteiger partial charge on any atom is 0.255 e. The summed E-state index contributed by atoms with van der Waals surface area (Å²) in [6.07, 6.45) is 6.82. The molecule has 4 rings (SSSR count). The van der Waals surface area contributed by atoms with Crippen molar-refractivity contribution in [1.82, 2.24) is 14.8 Å². The third-order valence-corrected chi connectivity index (χ3v) is 6.16. The van der Waals surface area contributed by atoms with Crippen LogP contribution in [0.2, 0.25) is 0 Å². The molecule has 2 aliphatic rings. The van der Waals surface area contributed by atoms with Crippen LogP contribution in [-0.4, -0.2) is 52.8 Å². The third kappa shape index (κ3) is 4.86. The molecule has 2 aromatic rings. The first-order chi connectivity index (χ1) is 14.6. The lowest BCUT2D eigenvalue weighted by molar-refractivity contribution is -0.132. The Bertz CT molecular complexity index is 876. The number of amides is 2. The molecule has 30 heavy (non-hydrogen) atoms. The van der Waals surface area contributed by atoms with Gasteiger partial charge in [0.25, 0.3) is 5.91 Å². The number of carbonyl (C=O) groups excluding carboxylic acids is 2. The quantitative estimate of drug-likeness (QED) is 0.755.